The van der Waals surface area contributed by atoms with Crippen LogP contribution in [0, 0.1) is 37.5 Å². The number of carbonyl (C=O) groups excluding carboxylic acids is 2. The van der Waals surface area contributed by atoms with Gasteiger partial charge in [0.25, 0.3) is 0 Å². The van der Waals surface area contributed by atoms with E-state index >= 15 is 0 Å². The molecule has 1 heterocycles. The van der Waals surface area contributed by atoms with Gasteiger partial charge in [-0.3, -0.25) is 9.59 Å². The van der Waals surface area contributed by atoms with Gasteiger partial charge in [0.05, 0.1) is 16.7 Å². The monoisotopic (exact) mass is 363 g/mol. The number of hydrogen-bond donors (Lipinski definition) is 1. The van der Waals surface area contributed by atoms with Gasteiger partial charge >= 0.3 is 5.97 Å². The molecule has 22 heavy (non-hydrogen) atoms. The maximum atomic E-state index is 12.8. The van der Waals surface area contributed by atoms with Gasteiger partial charge in [0.2, 0.25) is 5.91 Å². The van der Waals surface area contributed by atoms with Gasteiger partial charge in [0.15, 0.2) is 0 Å². The Labute approximate surface area is 137 Å². The predicted molar refractivity (Wildman–Crippen MR) is 85.7 cm³/mol. The van der Waals surface area contributed by atoms with Crippen LogP contribution < -0.4 is 5.32 Å². The Balaban J connectivity index is 1.59. The topological polar surface area (TPSA) is 55.4 Å². The van der Waals surface area contributed by atoms with Crippen molar-refractivity contribution in [1.82, 2.24) is 0 Å². The van der Waals surface area contributed by atoms with Crippen molar-refractivity contribution in [1.29, 1.82) is 0 Å². The van der Waals surface area contributed by atoms with E-state index in [2.05, 4.69) is 27.3 Å². The maximum Gasteiger partial charge on any atom is 0.310 e. The molecule has 116 valence electrons. The first kappa shape index (κ1) is 14.2. The molecule has 1 aromatic rings. The summed E-state index contributed by atoms with van der Waals surface area (Å²) < 4.78 is 5.45. The summed E-state index contributed by atoms with van der Waals surface area (Å²) in [5.74, 6) is -0.380. The minimum absolute atomic E-state index is 0.0345. The van der Waals surface area contributed by atoms with Crippen molar-refractivity contribution in [2.75, 3.05) is 5.32 Å². The van der Waals surface area contributed by atoms with Gasteiger partial charge in [-0.05, 0) is 49.4 Å². The van der Waals surface area contributed by atoms with E-state index in [1.165, 1.54) is 0 Å². The number of alkyl halides is 1. The number of fused-ring (bicyclic) bond motifs is 1. The number of aryl methyl sites for hydroxylation is 2. The van der Waals surface area contributed by atoms with E-state index in [0.717, 1.165) is 23.2 Å². The van der Waals surface area contributed by atoms with Crippen molar-refractivity contribution in [3.8, 4) is 0 Å². The fourth-order valence-electron chi connectivity index (χ4n) is 4.60. The Kier molecular flexibility index (Phi) is 3.12. The molecule has 4 rings (SSSR count). The molecule has 1 saturated heterocycles. The van der Waals surface area contributed by atoms with Crippen molar-refractivity contribution < 1.29 is 14.3 Å². The van der Waals surface area contributed by atoms with Crippen LogP contribution in [-0.4, -0.2) is 22.8 Å². The quantitative estimate of drug-likeness (QED) is 0.649. The van der Waals surface area contributed by atoms with Crippen LogP contribution in [0.2, 0.25) is 0 Å². The standard InChI is InChI=1S/C17H18BrNO3/c1-7-3-8(2)5-9(4-7)19-16(20)12-10-6-11-13(12)17(21)22-15(11)14(10)18/h3-5,10-15H,6H2,1-2H3,(H,19,20)/t10-,11-,12-,13-,14-,15+/m1/s1. The van der Waals surface area contributed by atoms with Crippen LogP contribution in [0.25, 0.3) is 0 Å². The second-order valence-corrected chi connectivity index (χ2v) is 7.88. The molecule has 0 aromatic heterocycles. The van der Waals surface area contributed by atoms with Gasteiger partial charge in [0.1, 0.15) is 6.10 Å². The third-order valence-electron chi connectivity index (χ3n) is 5.32. The second kappa shape index (κ2) is 4.82. The van der Waals surface area contributed by atoms with Crippen LogP contribution in [0.1, 0.15) is 17.5 Å². The smallest absolute Gasteiger partial charge is 0.310 e. The second-order valence-electron chi connectivity index (χ2n) is 6.83. The highest BCUT2D eigenvalue weighted by molar-refractivity contribution is 9.09. The summed E-state index contributed by atoms with van der Waals surface area (Å²) in [6.07, 6.45) is 0.870. The lowest BCUT2D eigenvalue weighted by atomic mass is 9.79. The lowest BCUT2D eigenvalue weighted by molar-refractivity contribution is -0.145. The molecule has 2 saturated carbocycles. The number of hydrogen-bond acceptors (Lipinski definition) is 3. The molecule has 1 aliphatic heterocycles. The molecule has 3 aliphatic rings. The van der Waals surface area contributed by atoms with Crippen molar-refractivity contribution in [3.05, 3.63) is 29.3 Å². The molecular formula is C17H18BrNO3. The average Bonchev–Trinajstić information content (AvgIpc) is 3.01. The first-order valence-corrected chi connectivity index (χ1v) is 8.61. The Hall–Kier alpha value is -1.36. The molecule has 6 atom stereocenters. The Morgan fingerprint density at radius 3 is 2.59 bits per heavy atom. The van der Waals surface area contributed by atoms with E-state index in [0.29, 0.717) is 0 Å². The molecule has 0 spiro atoms. The first-order chi connectivity index (χ1) is 10.5. The fraction of sp³-hybridized carbons (Fsp3) is 0.529. The largest absolute Gasteiger partial charge is 0.461 e. The molecule has 1 N–H and O–H groups in total. The van der Waals surface area contributed by atoms with Crippen molar-refractivity contribution in [2.24, 2.45) is 23.7 Å². The summed E-state index contributed by atoms with van der Waals surface area (Å²) >= 11 is 3.64. The van der Waals surface area contributed by atoms with Crippen LogP contribution in [0.15, 0.2) is 18.2 Å². The summed E-state index contributed by atoms with van der Waals surface area (Å²) in [4.78, 5) is 25.0. The van der Waals surface area contributed by atoms with Crippen molar-refractivity contribution in [2.45, 2.75) is 31.2 Å². The maximum absolute atomic E-state index is 12.8. The lowest BCUT2D eigenvalue weighted by Crippen LogP contribution is -2.40. The van der Waals surface area contributed by atoms with Crippen LogP contribution in [0.4, 0.5) is 5.69 Å². The molecular weight excluding hydrogens is 346 g/mol. The summed E-state index contributed by atoms with van der Waals surface area (Å²) in [5.41, 5.74) is 3.03. The number of amides is 1. The predicted octanol–water partition coefficient (Wildman–Crippen LogP) is 2.81. The Bertz CT molecular complexity index is 654. The molecule has 3 fully saturated rings. The zero-order chi connectivity index (χ0) is 15.6. The van der Waals surface area contributed by atoms with E-state index in [4.69, 9.17) is 4.74 Å². The minimum Gasteiger partial charge on any atom is -0.461 e. The van der Waals surface area contributed by atoms with Gasteiger partial charge in [0, 0.05) is 11.6 Å². The molecule has 2 bridgehead atoms. The van der Waals surface area contributed by atoms with E-state index in [-0.39, 0.29) is 46.5 Å². The molecule has 0 unspecified atom stereocenters. The van der Waals surface area contributed by atoms with Crippen molar-refractivity contribution >= 4 is 33.5 Å². The number of rotatable bonds is 2. The van der Waals surface area contributed by atoms with Gasteiger partial charge in [-0.15, -0.1) is 0 Å². The highest BCUT2D eigenvalue weighted by Gasteiger charge is 2.67. The van der Waals surface area contributed by atoms with Crippen LogP contribution in [0.5, 0.6) is 0 Å². The molecule has 2 aliphatic carbocycles. The number of ether oxygens (including phenoxy) is 1. The van der Waals surface area contributed by atoms with Gasteiger partial charge in [-0.2, -0.15) is 0 Å². The summed E-state index contributed by atoms with van der Waals surface area (Å²) in [5, 5.41) is 3.01. The molecule has 1 aromatic carbocycles. The van der Waals surface area contributed by atoms with E-state index < -0.39 is 0 Å². The van der Waals surface area contributed by atoms with E-state index in [9.17, 15) is 9.59 Å². The molecule has 0 radical (unpaired) electrons. The van der Waals surface area contributed by atoms with E-state index in [1.54, 1.807) is 0 Å². The minimum atomic E-state index is -0.276. The molecule has 5 heteroatoms. The number of halogens is 1. The number of esters is 1. The fourth-order valence-corrected chi connectivity index (χ4v) is 5.65. The van der Waals surface area contributed by atoms with Crippen LogP contribution >= 0.6 is 15.9 Å². The number of nitrogens with one attached hydrogen (secondary N) is 1. The third kappa shape index (κ3) is 1.94. The van der Waals surface area contributed by atoms with E-state index in [1.807, 2.05) is 26.0 Å². The van der Waals surface area contributed by atoms with Crippen molar-refractivity contribution in [3.63, 3.8) is 0 Å². The van der Waals surface area contributed by atoms with Crippen LogP contribution in [-0.2, 0) is 14.3 Å². The molecule has 4 nitrogen and oxygen atoms in total. The number of carbonyl (C=O) groups is 2. The van der Waals surface area contributed by atoms with Gasteiger partial charge in [-0.1, -0.05) is 22.0 Å². The number of benzene rings is 1. The Morgan fingerprint density at radius 2 is 1.91 bits per heavy atom. The van der Waals surface area contributed by atoms with Gasteiger partial charge < -0.3 is 10.1 Å². The SMILES string of the molecule is Cc1cc(C)cc(NC(=O)[C@@H]2[C@H]3C[C@H]4[C@H](OC(=O)[C@H]42)[C@@H]3Br)c1. The highest BCUT2D eigenvalue weighted by Crippen LogP contribution is 2.60. The first-order valence-electron chi connectivity index (χ1n) is 7.69. The highest BCUT2D eigenvalue weighted by atomic mass is 79.9. The number of anilines is 1. The zero-order valence-electron chi connectivity index (χ0n) is 12.5. The molecule has 1 amide bonds. The summed E-state index contributed by atoms with van der Waals surface area (Å²) in [6.45, 7) is 4.02. The zero-order valence-corrected chi connectivity index (χ0v) is 14.1. The average molecular weight is 364 g/mol. The van der Waals surface area contributed by atoms with Crippen LogP contribution in [0.3, 0.4) is 0 Å². The summed E-state index contributed by atoms with van der Waals surface area (Å²) in [6, 6.07) is 5.99. The summed E-state index contributed by atoms with van der Waals surface area (Å²) in [7, 11) is 0. The lowest BCUT2D eigenvalue weighted by Gasteiger charge is -2.27. The normalized spacial score (nSPS) is 38.2. The van der Waals surface area contributed by atoms with Gasteiger partial charge in [-0.25, -0.2) is 0 Å². The Morgan fingerprint density at radius 1 is 1.23 bits per heavy atom. The third-order valence-corrected chi connectivity index (χ3v) is 6.52.